The normalized spacial score (nSPS) is 10.5. The van der Waals surface area contributed by atoms with Gasteiger partial charge < -0.3 is 14.8 Å². The highest BCUT2D eigenvalue weighted by Crippen LogP contribution is 2.36. The van der Waals surface area contributed by atoms with Gasteiger partial charge >= 0.3 is 0 Å². The number of nitrogens with one attached hydrogen (secondary N) is 1. The topological polar surface area (TPSA) is 47.6 Å². The first-order valence-electron chi connectivity index (χ1n) is 7.93. The minimum atomic E-state index is -0.265. The summed E-state index contributed by atoms with van der Waals surface area (Å²) in [5.74, 6) is 0.602. The van der Waals surface area contributed by atoms with Gasteiger partial charge in [-0.2, -0.15) is 0 Å². The summed E-state index contributed by atoms with van der Waals surface area (Å²) in [6, 6.07) is 16.9. The van der Waals surface area contributed by atoms with Crippen LogP contribution in [0.4, 0.5) is 5.69 Å². The fourth-order valence-corrected chi connectivity index (χ4v) is 2.87. The molecule has 0 aliphatic heterocycles. The predicted octanol–water partition coefficient (Wildman–Crippen LogP) is 5.15. The molecule has 0 unspecified atom stereocenters. The Labute approximate surface area is 151 Å². The molecule has 128 valence electrons. The highest BCUT2D eigenvalue weighted by Gasteiger charge is 2.16. The first-order valence-corrected chi connectivity index (χ1v) is 8.30. The van der Waals surface area contributed by atoms with Crippen LogP contribution < -0.4 is 14.8 Å². The number of hydrogen-bond donors (Lipinski definition) is 1. The summed E-state index contributed by atoms with van der Waals surface area (Å²) in [6.07, 6.45) is 0. The molecule has 0 bridgehead atoms. The standard InChI is InChI=1S/C20H18ClNO3/c1-3-25-19-17(21)11-15(12-18(19)24-2)20(23)22-16-9-8-13-6-4-5-7-14(13)10-16/h4-12H,3H2,1-2H3,(H,22,23). The largest absolute Gasteiger partial charge is 0.493 e. The number of amides is 1. The van der Waals surface area contributed by atoms with Crippen molar-refractivity contribution >= 4 is 34.0 Å². The molecule has 1 N–H and O–H groups in total. The molecular formula is C20H18ClNO3. The fourth-order valence-electron chi connectivity index (χ4n) is 2.61. The van der Waals surface area contributed by atoms with E-state index in [2.05, 4.69) is 5.32 Å². The summed E-state index contributed by atoms with van der Waals surface area (Å²) in [5, 5.41) is 5.40. The molecule has 5 heteroatoms. The molecule has 0 saturated carbocycles. The second-order valence-electron chi connectivity index (χ2n) is 5.44. The second kappa shape index (κ2) is 7.45. The lowest BCUT2D eigenvalue weighted by atomic mass is 10.1. The third kappa shape index (κ3) is 3.69. The van der Waals surface area contributed by atoms with Crippen molar-refractivity contribution in [1.82, 2.24) is 0 Å². The van der Waals surface area contributed by atoms with Gasteiger partial charge in [0.25, 0.3) is 5.91 Å². The molecule has 4 nitrogen and oxygen atoms in total. The number of methoxy groups -OCH3 is 1. The lowest BCUT2D eigenvalue weighted by molar-refractivity contribution is 0.102. The van der Waals surface area contributed by atoms with Crippen LogP contribution in [0.25, 0.3) is 10.8 Å². The van der Waals surface area contributed by atoms with Crippen LogP contribution in [0.5, 0.6) is 11.5 Å². The average Bonchev–Trinajstić information content (AvgIpc) is 2.63. The van der Waals surface area contributed by atoms with Gasteiger partial charge in [0, 0.05) is 11.3 Å². The Kier molecular flexibility index (Phi) is 5.10. The smallest absolute Gasteiger partial charge is 0.255 e. The monoisotopic (exact) mass is 355 g/mol. The highest BCUT2D eigenvalue weighted by molar-refractivity contribution is 6.32. The second-order valence-corrected chi connectivity index (χ2v) is 5.85. The van der Waals surface area contributed by atoms with Crippen LogP contribution in [-0.2, 0) is 0 Å². The van der Waals surface area contributed by atoms with E-state index < -0.39 is 0 Å². The van der Waals surface area contributed by atoms with Gasteiger partial charge in [-0.25, -0.2) is 0 Å². The minimum absolute atomic E-state index is 0.265. The molecule has 0 saturated heterocycles. The van der Waals surface area contributed by atoms with E-state index in [1.807, 2.05) is 49.4 Å². The lowest BCUT2D eigenvalue weighted by Gasteiger charge is -2.13. The van der Waals surface area contributed by atoms with Crippen molar-refractivity contribution in [3.63, 3.8) is 0 Å². The summed E-state index contributed by atoms with van der Waals surface area (Å²) in [7, 11) is 1.51. The lowest BCUT2D eigenvalue weighted by Crippen LogP contribution is -2.12. The molecule has 0 aromatic heterocycles. The van der Waals surface area contributed by atoms with E-state index in [0.29, 0.717) is 34.4 Å². The van der Waals surface area contributed by atoms with E-state index >= 15 is 0 Å². The molecule has 3 aromatic rings. The van der Waals surface area contributed by atoms with Gasteiger partial charge in [-0.05, 0) is 42.0 Å². The van der Waals surface area contributed by atoms with Crippen LogP contribution in [-0.4, -0.2) is 19.6 Å². The number of anilines is 1. The van der Waals surface area contributed by atoms with Crippen molar-refractivity contribution in [1.29, 1.82) is 0 Å². The molecule has 0 fully saturated rings. The fraction of sp³-hybridized carbons (Fsp3) is 0.150. The van der Waals surface area contributed by atoms with E-state index in [1.165, 1.54) is 7.11 Å². The Balaban J connectivity index is 1.88. The summed E-state index contributed by atoms with van der Waals surface area (Å²) >= 11 is 6.23. The summed E-state index contributed by atoms with van der Waals surface area (Å²) in [5.41, 5.74) is 1.12. The first-order chi connectivity index (χ1) is 12.1. The van der Waals surface area contributed by atoms with Gasteiger partial charge in [0.05, 0.1) is 18.7 Å². The molecule has 0 spiro atoms. The van der Waals surface area contributed by atoms with Crippen molar-refractivity contribution < 1.29 is 14.3 Å². The Morgan fingerprint density at radius 1 is 1.08 bits per heavy atom. The molecule has 3 rings (SSSR count). The van der Waals surface area contributed by atoms with Gasteiger partial charge in [0.1, 0.15) is 0 Å². The molecule has 3 aromatic carbocycles. The van der Waals surface area contributed by atoms with Gasteiger partial charge in [-0.1, -0.05) is 41.9 Å². The van der Waals surface area contributed by atoms with Gasteiger partial charge in [-0.15, -0.1) is 0 Å². The van der Waals surface area contributed by atoms with E-state index in [4.69, 9.17) is 21.1 Å². The number of rotatable bonds is 5. The van der Waals surface area contributed by atoms with Crippen LogP contribution in [0.3, 0.4) is 0 Å². The zero-order valence-corrected chi connectivity index (χ0v) is 14.8. The number of carbonyl (C=O) groups excluding carboxylic acids is 1. The minimum Gasteiger partial charge on any atom is -0.493 e. The van der Waals surface area contributed by atoms with Crippen molar-refractivity contribution in [2.45, 2.75) is 6.92 Å². The third-order valence-corrected chi connectivity index (χ3v) is 4.07. The van der Waals surface area contributed by atoms with E-state index in [1.54, 1.807) is 12.1 Å². The predicted molar refractivity (Wildman–Crippen MR) is 101 cm³/mol. The zero-order chi connectivity index (χ0) is 17.8. The van der Waals surface area contributed by atoms with Crippen molar-refractivity contribution in [3.8, 4) is 11.5 Å². The summed E-state index contributed by atoms with van der Waals surface area (Å²) in [6.45, 7) is 2.31. The number of fused-ring (bicyclic) bond motifs is 1. The Morgan fingerprint density at radius 3 is 2.56 bits per heavy atom. The van der Waals surface area contributed by atoms with Gasteiger partial charge in [0.2, 0.25) is 0 Å². The number of carbonyl (C=O) groups is 1. The van der Waals surface area contributed by atoms with Crippen LogP contribution in [0, 0.1) is 0 Å². The third-order valence-electron chi connectivity index (χ3n) is 3.79. The molecule has 0 aliphatic carbocycles. The average molecular weight is 356 g/mol. The quantitative estimate of drug-likeness (QED) is 0.688. The highest BCUT2D eigenvalue weighted by atomic mass is 35.5. The zero-order valence-electron chi connectivity index (χ0n) is 14.0. The Bertz CT molecular complexity index is 924. The van der Waals surface area contributed by atoms with Crippen molar-refractivity contribution in [3.05, 3.63) is 65.2 Å². The molecule has 1 amide bonds. The summed E-state index contributed by atoms with van der Waals surface area (Å²) < 4.78 is 10.8. The van der Waals surface area contributed by atoms with Crippen molar-refractivity contribution in [2.24, 2.45) is 0 Å². The molecule has 0 radical (unpaired) electrons. The van der Waals surface area contributed by atoms with Crippen LogP contribution in [0.2, 0.25) is 5.02 Å². The number of halogens is 1. The maximum atomic E-state index is 12.6. The number of hydrogen-bond acceptors (Lipinski definition) is 3. The molecule has 0 heterocycles. The van der Waals surface area contributed by atoms with E-state index in [-0.39, 0.29) is 5.91 Å². The van der Waals surface area contributed by atoms with E-state index in [0.717, 1.165) is 10.8 Å². The number of benzene rings is 3. The Hall–Kier alpha value is -2.72. The van der Waals surface area contributed by atoms with Gasteiger partial charge in [0.15, 0.2) is 11.5 Å². The number of ether oxygens (including phenoxy) is 2. The SMILES string of the molecule is CCOc1c(Cl)cc(C(=O)Nc2ccc3ccccc3c2)cc1OC. The van der Waals surface area contributed by atoms with Gasteiger partial charge in [-0.3, -0.25) is 4.79 Å². The molecule has 25 heavy (non-hydrogen) atoms. The Morgan fingerprint density at radius 2 is 1.84 bits per heavy atom. The van der Waals surface area contributed by atoms with Crippen LogP contribution in [0.1, 0.15) is 17.3 Å². The van der Waals surface area contributed by atoms with Crippen LogP contribution in [0.15, 0.2) is 54.6 Å². The maximum Gasteiger partial charge on any atom is 0.255 e. The summed E-state index contributed by atoms with van der Waals surface area (Å²) in [4.78, 5) is 12.6. The molecule has 0 atom stereocenters. The molecular weight excluding hydrogens is 338 g/mol. The molecule has 0 aliphatic rings. The van der Waals surface area contributed by atoms with Crippen molar-refractivity contribution in [2.75, 3.05) is 19.0 Å². The first kappa shape index (κ1) is 17.1. The maximum absolute atomic E-state index is 12.6. The van der Waals surface area contributed by atoms with Crippen LogP contribution >= 0.6 is 11.6 Å². The van der Waals surface area contributed by atoms with E-state index in [9.17, 15) is 4.79 Å².